The number of hydrogen-bond donors (Lipinski definition) is 0. The van der Waals surface area contributed by atoms with Gasteiger partial charge in [0.2, 0.25) is 0 Å². The molecule has 0 unspecified atom stereocenters. The number of nitrogens with zero attached hydrogens (tertiary/aromatic N) is 3. The summed E-state index contributed by atoms with van der Waals surface area (Å²) in [5, 5.41) is 9.33. The molecule has 4 heteroatoms. The van der Waals surface area contributed by atoms with Crippen molar-refractivity contribution in [3.05, 3.63) is 164 Å². The second-order valence-corrected chi connectivity index (χ2v) is 12.4. The number of aromatic nitrogens is 3. The van der Waals surface area contributed by atoms with Crippen molar-refractivity contribution in [2.75, 3.05) is 0 Å². The molecule has 4 nitrogen and oxygen atoms in total. The average molecular weight is 626 g/mol. The summed E-state index contributed by atoms with van der Waals surface area (Å²) in [6.45, 7) is 0. The number of fused-ring (bicyclic) bond motifs is 8. The second-order valence-electron chi connectivity index (χ2n) is 12.4. The van der Waals surface area contributed by atoms with Crippen LogP contribution in [0.5, 0.6) is 0 Å². The Hall–Kier alpha value is -6.65. The summed E-state index contributed by atoms with van der Waals surface area (Å²) in [7, 11) is 0. The summed E-state index contributed by atoms with van der Waals surface area (Å²) in [6, 6.07) is 57.0. The van der Waals surface area contributed by atoms with Crippen molar-refractivity contribution < 1.29 is 4.42 Å². The van der Waals surface area contributed by atoms with Crippen LogP contribution in [0.15, 0.2) is 168 Å². The minimum atomic E-state index is 0.595. The van der Waals surface area contributed by atoms with Crippen molar-refractivity contribution in [2.24, 2.45) is 0 Å². The van der Waals surface area contributed by atoms with E-state index in [-0.39, 0.29) is 0 Å². The molecule has 0 aliphatic heterocycles. The maximum absolute atomic E-state index is 6.26. The molecule has 0 aliphatic rings. The summed E-state index contributed by atoms with van der Waals surface area (Å²) < 4.78 is 6.26. The van der Waals surface area contributed by atoms with Crippen molar-refractivity contribution in [3.63, 3.8) is 0 Å². The lowest BCUT2D eigenvalue weighted by Gasteiger charge is -2.13. The molecule has 10 aromatic rings. The maximum atomic E-state index is 6.26. The van der Waals surface area contributed by atoms with Crippen LogP contribution in [-0.2, 0) is 0 Å². The zero-order valence-electron chi connectivity index (χ0n) is 26.3. The summed E-state index contributed by atoms with van der Waals surface area (Å²) in [5.74, 6) is 1.84. The maximum Gasteiger partial charge on any atom is 0.164 e. The molecule has 0 saturated heterocycles. The van der Waals surface area contributed by atoms with Gasteiger partial charge in [-0.15, -0.1) is 0 Å². The third kappa shape index (κ3) is 4.57. The molecule has 228 valence electrons. The van der Waals surface area contributed by atoms with E-state index >= 15 is 0 Å². The Labute approximate surface area is 282 Å². The molecule has 0 bridgehead atoms. The Morgan fingerprint density at radius 1 is 0.327 bits per heavy atom. The SMILES string of the molecule is c1ccc(-c2ccc(-c3nc(-c4ccc5c(c4)oc4ccccc45)nc(-c4cccc5c4ccc4ccc6ccccc6c45)n3)cc2)cc1. The first-order chi connectivity index (χ1) is 24.3. The van der Waals surface area contributed by atoms with Gasteiger partial charge in [0.05, 0.1) is 0 Å². The van der Waals surface area contributed by atoms with Crippen molar-refractivity contribution in [2.45, 2.75) is 0 Å². The fourth-order valence-corrected chi connectivity index (χ4v) is 7.12. The first-order valence-electron chi connectivity index (χ1n) is 16.4. The quantitative estimate of drug-likeness (QED) is 0.183. The molecule has 0 atom stereocenters. The lowest BCUT2D eigenvalue weighted by atomic mass is 9.94. The Balaban J connectivity index is 1.19. The van der Waals surface area contributed by atoms with Crippen LogP contribution in [0.1, 0.15) is 0 Å². The van der Waals surface area contributed by atoms with E-state index in [1.807, 2.05) is 30.3 Å². The highest BCUT2D eigenvalue weighted by Crippen LogP contribution is 2.37. The highest BCUT2D eigenvalue weighted by molar-refractivity contribution is 6.22. The molecule has 49 heavy (non-hydrogen) atoms. The summed E-state index contributed by atoms with van der Waals surface area (Å²) in [6.07, 6.45) is 0. The van der Waals surface area contributed by atoms with E-state index in [0.717, 1.165) is 49.6 Å². The minimum absolute atomic E-state index is 0.595. The van der Waals surface area contributed by atoms with E-state index in [9.17, 15) is 0 Å². The van der Waals surface area contributed by atoms with E-state index in [0.29, 0.717) is 17.5 Å². The van der Waals surface area contributed by atoms with Gasteiger partial charge in [-0.2, -0.15) is 0 Å². The number of benzene rings is 8. The van der Waals surface area contributed by atoms with Crippen molar-refractivity contribution in [3.8, 4) is 45.3 Å². The van der Waals surface area contributed by atoms with Crippen LogP contribution in [0.3, 0.4) is 0 Å². The van der Waals surface area contributed by atoms with Crippen LogP contribution in [-0.4, -0.2) is 15.0 Å². The third-order valence-corrected chi connectivity index (χ3v) is 9.53. The number of rotatable bonds is 4. The molecule has 0 saturated carbocycles. The van der Waals surface area contributed by atoms with Gasteiger partial charge in [-0.05, 0) is 61.6 Å². The predicted molar refractivity (Wildman–Crippen MR) is 201 cm³/mol. The summed E-state index contributed by atoms with van der Waals surface area (Å²) >= 11 is 0. The lowest BCUT2D eigenvalue weighted by Crippen LogP contribution is -2.00. The monoisotopic (exact) mass is 625 g/mol. The predicted octanol–water partition coefficient (Wildman–Crippen LogP) is 11.9. The van der Waals surface area contributed by atoms with E-state index in [2.05, 4.69) is 133 Å². The van der Waals surface area contributed by atoms with Gasteiger partial charge in [0, 0.05) is 27.5 Å². The number of para-hydroxylation sites is 1. The van der Waals surface area contributed by atoms with Gasteiger partial charge in [-0.25, -0.2) is 15.0 Å². The average Bonchev–Trinajstić information content (AvgIpc) is 3.55. The fourth-order valence-electron chi connectivity index (χ4n) is 7.12. The molecule has 0 fully saturated rings. The Kier molecular flexibility index (Phi) is 6.15. The molecule has 0 N–H and O–H groups in total. The van der Waals surface area contributed by atoms with Gasteiger partial charge < -0.3 is 4.42 Å². The first-order valence-corrected chi connectivity index (χ1v) is 16.4. The van der Waals surface area contributed by atoms with Crippen LogP contribution >= 0.6 is 0 Å². The number of furan rings is 1. The smallest absolute Gasteiger partial charge is 0.164 e. The molecule has 0 amide bonds. The van der Waals surface area contributed by atoms with E-state index < -0.39 is 0 Å². The molecule has 2 aromatic heterocycles. The first kappa shape index (κ1) is 27.5. The minimum Gasteiger partial charge on any atom is -0.456 e. The van der Waals surface area contributed by atoms with Gasteiger partial charge in [0.25, 0.3) is 0 Å². The Morgan fingerprint density at radius 3 is 1.80 bits per heavy atom. The molecule has 0 radical (unpaired) electrons. The number of hydrogen-bond acceptors (Lipinski definition) is 4. The summed E-state index contributed by atoms with van der Waals surface area (Å²) in [5.41, 5.74) is 6.73. The van der Waals surface area contributed by atoms with Gasteiger partial charge in [-0.1, -0.05) is 146 Å². The highest BCUT2D eigenvalue weighted by atomic mass is 16.3. The van der Waals surface area contributed by atoms with Crippen molar-refractivity contribution in [1.82, 2.24) is 15.0 Å². The van der Waals surface area contributed by atoms with Crippen LogP contribution in [0, 0.1) is 0 Å². The fraction of sp³-hybridized carbons (Fsp3) is 0. The summed E-state index contributed by atoms with van der Waals surface area (Å²) in [4.78, 5) is 15.4. The van der Waals surface area contributed by atoms with Crippen LogP contribution in [0.2, 0.25) is 0 Å². The second kappa shape index (κ2) is 11.0. The van der Waals surface area contributed by atoms with Crippen LogP contribution in [0.25, 0.3) is 99.5 Å². The van der Waals surface area contributed by atoms with Crippen LogP contribution < -0.4 is 0 Å². The zero-order valence-corrected chi connectivity index (χ0v) is 26.3. The Bertz CT molecular complexity index is 2870. The molecular formula is C45H27N3O. The Morgan fingerprint density at radius 2 is 0.918 bits per heavy atom. The van der Waals surface area contributed by atoms with Crippen molar-refractivity contribution >= 4 is 54.3 Å². The molecule has 10 rings (SSSR count). The largest absolute Gasteiger partial charge is 0.456 e. The van der Waals surface area contributed by atoms with E-state index in [1.165, 1.54) is 32.5 Å². The highest BCUT2D eigenvalue weighted by Gasteiger charge is 2.17. The molecule has 8 aromatic carbocycles. The van der Waals surface area contributed by atoms with E-state index in [1.54, 1.807) is 0 Å². The van der Waals surface area contributed by atoms with Gasteiger partial charge in [-0.3, -0.25) is 0 Å². The molecular weight excluding hydrogens is 599 g/mol. The standard InChI is InChI=1S/C45H27N3O/c1-2-9-28(10-3-1)29-17-21-32(22-18-29)43-46-44(33-24-26-37-36-13-6-7-16-40(36)49-41(37)27-33)48-45(47-43)39-15-8-14-38-35(39)25-23-31-20-19-30-11-4-5-12-34(30)42(31)38/h1-27H. The van der Waals surface area contributed by atoms with Crippen molar-refractivity contribution in [1.29, 1.82) is 0 Å². The molecule has 0 spiro atoms. The van der Waals surface area contributed by atoms with Gasteiger partial charge in [0.1, 0.15) is 11.2 Å². The van der Waals surface area contributed by atoms with Gasteiger partial charge >= 0.3 is 0 Å². The molecule has 2 heterocycles. The topological polar surface area (TPSA) is 51.8 Å². The van der Waals surface area contributed by atoms with Crippen LogP contribution in [0.4, 0.5) is 0 Å². The van der Waals surface area contributed by atoms with Gasteiger partial charge in [0.15, 0.2) is 17.5 Å². The molecule has 0 aliphatic carbocycles. The zero-order chi connectivity index (χ0) is 32.3. The lowest BCUT2D eigenvalue weighted by molar-refractivity contribution is 0.669. The normalized spacial score (nSPS) is 11.7. The van der Waals surface area contributed by atoms with E-state index in [4.69, 9.17) is 19.4 Å². The third-order valence-electron chi connectivity index (χ3n) is 9.53.